The number of alkyl halides is 3. The number of aryl methyl sites for hydroxylation is 2. The molecule has 4 aromatic rings. The van der Waals surface area contributed by atoms with Crippen LogP contribution in [0.2, 0.25) is 20.1 Å². The highest BCUT2D eigenvalue weighted by Crippen LogP contribution is 2.47. The molecule has 0 amide bonds. The Balaban J connectivity index is 0.000000218. The van der Waals surface area contributed by atoms with E-state index in [9.17, 15) is 36.0 Å². The van der Waals surface area contributed by atoms with Gasteiger partial charge in [-0.05, 0) is 115 Å². The number of benzene rings is 4. The molecule has 0 heterocycles. The summed E-state index contributed by atoms with van der Waals surface area (Å²) in [4.78, 5) is 36.6. The molecule has 0 N–H and O–H groups in total. The summed E-state index contributed by atoms with van der Waals surface area (Å²) in [5.41, 5.74) is -1.46. The number of esters is 2. The lowest BCUT2D eigenvalue weighted by atomic mass is 9.87. The van der Waals surface area contributed by atoms with Crippen LogP contribution < -0.4 is 0 Å². The number of ketones is 1. The van der Waals surface area contributed by atoms with Gasteiger partial charge in [0.25, 0.3) is 0 Å². The van der Waals surface area contributed by atoms with Crippen molar-refractivity contribution in [1.82, 2.24) is 0 Å². The van der Waals surface area contributed by atoms with E-state index in [0.717, 1.165) is 24.0 Å². The summed E-state index contributed by atoms with van der Waals surface area (Å²) >= 11 is 24.5. The molecule has 0 aromatic heterocycles. The summed E-state index contributed by atoms with van der Waals surface area (Å²) < 4.78 is 77.4. The monoisotopic (exact) mass is 858 g/mol. The number of carbonyl (C=O) groups excluding carboxylic acids is 3. The maximum atomic E-state index is 13.1. The highest BCUT2D eigenvalue weighted by atomic mass is 35.5. The zero-order chi connectivity index (χ0) is 40.2. The smallest absolute Gasteiger partial charge is 0.465 e. The first-order valence-electron chi connectivity index (χ1n) is 16.8. The molecule has 2 aliphatic rings. The van der Waals surface area contributed by atoms with E-state index < -0.39 is 39.6 Å². The fraction of sp³-hybridized carbons (Fsp3) is 0.308. The Bertz CT molecular complexity index is 2230. The van der Waals surface area contributed by atoms with Crippen molar-refractivity contribution < 1.29 is 49.6 Å². The minimum Gasteiger partial charge on any atom is -0.465 e. The van der Waals surface area contributed by atoms with Gasteiger partial charge in [-0.1, -0.05) is 70.7 Å². The van der Waals surface area contributed by atoms with Gasteiger partial charge in [0, 0.05) is 37.5 Å². The Kier molecular flexibility index (Phi) is 13.6. The number of Topliss-reactive ketones (excluding diaryl/α,β-unsaturated/α-hetero) is 1. The van der Waals surface area contributed by atoms with Crippen molar-refractivity contribution in [3.05, 3.63) is 137 Å². The van der Waals surface area contributed by atoms with Crippen molar-refractivity contribution in [2.24, 2.45) is 0 Å². The Morgan fingerprint density at radius 3 is 1.76 bits per heavy atom. The lowest BCUT2D eigenvalue weighted by Crippen LogP contribution is -2.29. The molecule has 0 fully saturated rings. The summed E-state index contributed by atoms with van der Waals surface area (Å²) in [6.45, 7) is 0. The summed E-state index contributed by atoms with van der Waals surface area (Å²) in [6.07, 6.45) is 1.97. The molecule has 16 heteroatoms. The minimum atomic E-state index is -5.91. The Morgan fingerprint density at radius 1 is 0.691 bits per heavy atom. The highest BCUT2D eigenvalue weighted by Gasteiger charge is 2.50. The number of fused-ring (bicyclic) bond motifs is 2. The largest absolute Gasteiger partial charge is 0.523 e. The molecule has 292 valence electrons. The van der Waals surface area contributed by atoms with Gasteiger partial charge in [-0.3, -0.25) is 8.98 Å². The lowest BCUT2D eigenvalue weighted by Gasteiger charge is -2.28. The summed E-state index contributed by atoms with van der Waals surface area (Å²) in [6, 6.07) is 19.0. The second-order valence-electron chi connectivity index (χ2n) is 12.8. The van der Waals surface area contributed by atoms with Gasteiger partial charge in [-0.25, -0.2) is 9.59 Å². The lowest BCUT2D eigenvalue weighted by molar-refractivity contribution is -0.0585. The predicted octanol–water partition coefficient (Wildman–Crippen LogP) is 10.9. The molecule has 6 rings (SSSR count). The summed E-state index contributed by atoms with van der Waals surface area (Å²) in [7, 11) is -3.36. The van der Waals surface area contributed by atoms with E-state index in [0.29, 0.717) is 63.0 Å². The van der Waals surface area contributed by atoms with Gasteiger partial charge >= 0.3 is 27.6 Å². The maximum Gasteiger partial charge on any atom is 0.523 e. The fourth-order valence-electron chi connectivity index (χ4n) is 6.84. The van der Waals surface area contributed by atoms with Crippen molar-refractivity contribution in [2.45, 2.75) is 62.0 Å². The number of methoxy groups -OCH3 is 2. The first-order chi connectivity index (χ1) is 25.9. The SMILES string of the molecule is COC(=O)c1ccc2c(c1)CCCC(c1ccc(Cl)cc1Cl)C2=O.COC(=O)c1ccc2c(c1)CCCC(c1ccc(Cl)cc1Cl)C2OS(=O)(=O)C(F)(F)F. The van der Waals surface area contributed by atoms with Crippen molar-refractivity contribution in [3.63, 3.8) is 0 Å². The van der Waals surface area contributed by atoms with Gasteiger partial charge in [-0.15, -0.1) is 0 Å². The van der Waals surface area contributed by atoms with E-state index >= 15 is 0 Å². The highest BCUT2D eigenvalue weighted by molar-refractivity contribution is 7.87. The topological polar surface area (TPSA) is 113 Å². The number of rotatable bonds is 6. The van der Waals surface area contributed by atoms with Gasteiger partial charge in [0.05, 0.1) is 25.3 Å². The Labute approximate surface area is 335 Å². The molecule has 0 radical (unpaired) electrons. The van der Waals surface area contributed by atoms with Crippen LogP contribution in [0.1, 0.15) is 103 Å². The van der Waals surface area contributed by atoms with E-state index in [1.165, 1.54) is 44.6 Å². The van der Waals surface area contributed by atoms with Crippen LogP contribution in [0.25, 0.3) is 0 Å². The molecule has 0 bridgehead atoms. The van der Waals surface area contributed by atoms with Crippen LogP contribution in [0.4, 0.5) is 13.2 Å². The van der Waals surface area contributed by atoms with E-state index in [1.807, 2.05) is 6.07 Å². The molecule has 2 aliphatic carbocycles. The number of halogens is 7. The third-order valence-corrected chi connectivity index (χ3v) is 11.6. The average molecular weight is 861 g/mol. The normalized spacial score (nSPS) is 18.4. The van der Waals surface area contributed by atoms with E-state index in [1.54, 1.807) is 36.4 Å². The predicted molar refractivity (Wildman–Crippen MR) is 203 cm³/mol. The first kappa shape index (κ1) is 42.5. The zero-order valence-corrected chi connectivity index (χ0v) is 33.1. The number of ether oxygens (including phenoxy) is 2. The molecule has 0 saturated heterocycles. The molecule has 0 spiro atoms. The second kappa shape index (κ2) is 17.7. The molecule has 3 unspecified atom stereocenters. The third kappa shape index (κ3) is 9.67. The van der Waals surface area contributed by atoms with Crippen LogP contribution >= 0.6 is 46.4 Å². The Morgan fingerprint density at radius 2 is 1.20 bits per heavy atom. The summed E-state index contributed by atoms with van der Waals surface area (Å²) in [5, 5.41) is 1.57. The number of hydrogen-bond acceptors (Lipinski definition) is 8. The molecule has 55 heavy (non-hydrogen) atoms. The third-order valence-electron chi connectivity index (χ3n) is 9.46. The van der Waals surface area contributed by atoms with Gasteiger partial charge in [0.15, 0.2) is 5.78 Å². The molecule has 3 atom stereocenters. The summed E-state index contributed by atoms with van der Waals surface area (Å²) in [5.74, 6) is -2.08. The number of carbonyl (C=O) groups is 3. The standard InChI is InChI=1S/C20H17Cl2F3O5S.C19H16Cl2O3/c1-29-19(26)12-5-7-14-11(9-12)3-2-4-16(15-8-6-13(21)10-17(15)22)18(14)30-31(27,28)20(23,24)25;1-24-19(23)12-5-7-14-11(9-12)3-2-4-16(18(14)22)15-8-6-13(20)10-17(15)21/h5-10,16,18H,2-4H2,1H3;5-10,16H,2-4H2,1H3. The molecule has 8 nitrogen and oxygen atoms in total. The zero-order valence-electron chi connectivity index (χ0n) is 29.2. The van der Waals surface area contributed by atoms with E-state index in [-0.39, 0.29) is 27.9 Å². The minimum absolute atomic E-state index is 0.0307. The van der Waals surface area contributed by atoms with Gasteiger partial charge in [0.2, 0.25) is 0 Å². The van der Waals surface area contributed by atoms with Gasteiger partial charge in [-0.2, -0.15) is 21.6 Å². The average Bonchev–Trinajstić information content (AvgIpc) is 3.41. The van der Waals surface area contributed by atoms with Crippen molar-refractivity contribution >= 4 is 74.2 Å². The van der Waals surface area contributed by atoms with Crippen LogP contribution in [0, 0.1) is 0 Å². The van der Waals surface area contributed by atoms with Gasteiger partial charge < -0.3 is 9.47 Å². The van der Waals surface area contributed by atoms with Crippen LogP contribution in [-0.4, -0.2) is 45.9 Å². The number of hydrogen-bond donors (Lipinski definition) is 0. The van der Waals surface area contributed by atoms with Crippen LogP contribution in [0.3, 0.4) is 0 Å². The van der Waals surface area contributed by atoms with Crippen LogP contribution in [0.5, 0.6) is 0 Å². The molecular formula is C39H33Cl4F3O8S. The Hall–Kier alpha value is -3.65. The second-order valence-corrected chi connectivity index (χ2v) is 16.1. The van der Waals surface area contributed by atoms with Crippen LogP contribution in [-0.2, 0) is 36.6 Å². The molecule has 0 aliphatic heterocycles. The van der Waals surface area contributed by atoms with Crippen LogP contribution in [0.15, 0.2) is 72.8 Å². The van der Waals surface area contributed by atoms with Gasteiger partial charge in [0.1, 0.15) is 6.10 Å². The maximum absolute atomic E-state index is 13.1. The van der Waals surface area contributed by atoms with Crippen molar-refractivity contribution in [3.8, 4) is 0 Å². The first-order valence-corrected chi connectivity index (χ1v) is 19.7. The van der Waals surface area contributed by atoms with Crippen molar-refractivity contribution in [2.75, 3.05) is 14.2 Å². The van der Waals surface area contributed by atoms with Crippen molar-refractivity contribution in [1.29, 1.82) is 0 Å². The van der Waals surface area contributed by atoms with E-state index in [4.69, 9.17) is 55.3 Å². The van der Waals surface area contributed by atoms with E-state index in [2.05, 4.69) is 4.74 Å². The fourth-order valence-corrected chi connectivity index (χ4v) is 8.55. The molecule has 4 aromatic carbocycles. The molecular weight excluding hydrogens is 827 g/mol. The quantitative estimate of drug-likeness (QED) is 0.0815. The molecule has 0 saturated carbocycles.